The van der Waals surface area contributed by atoms with Gasteiger partial charge in [-0.25, -0.2) is 14.6 Å². The van der Waals surface area contributed by atoms with Crippen LogP contribution in [0, 0.1) is 6.92 Å². The van der Waals surface area contributed by atoms with Gasteiger partial charge in [-0.05, 0) is 37.6 Å². The van der Waals surface area contributed by atoms with E-state index < -0.39 is 11.9 Å². The molecule has 2 N–H and O–H groups in total. The summed E-state index contributed by atoms with van der Waals surface area (Å²) in [6, 6.07) is 4.84. The van der Waals surface area contributed by atoms with Gasteiger partial charge in [-0.15, -0.1) is 0 Å². The number of nitrogens with one attached hydrogen (secondary N) is 1. The highest BCUT2D eigenvalue weighted by atomic mass is 16.5. The number of pyridine rings is 1. The zero-order chi connectivity index (χ0) is 15.9. The van der Waals surface area contributed by atoms with Gasteiger partial charge in [-0.3, -0.25) is 0 Å². The monoisotopic (exact) mass is 298 g/mol. The fourth-order valence-corrected chi connectivity index (χ4v) is 2.60. The van der Waals surface area contributed by atoms with E-state index in [0.29, 0.717) is 5.56 Å². The van der Waals surface area contributed by atoms with Crippen LogP contribution in [-0.4, -0.2) is 33.6 Å². The van der Waals surface area contributed by atoms with E-state index in [1.807, 2.05) is 0 Å². The van der Waals surface area contributed by atoms with Crippen molar-refractivity contribution in [2.24, 2.45) is 0 Å². The molecule has 0 fully saturated rings. The molecule has 0 bridgehead atoms. The normalized spacial score (nSPS) is 11.0. The maximum Gasteiger partial charge on any atom is 0.357 e. The Morgan fingerprint density at radius 1 is 1.32 bits per heavy atom. The zero-order valence-corrected chi connectivity index (χ0v) is 12.1. The summed E-state index contributed by atoms with van der Waals surface area (Å²) in [6.45, 7) is 3.79. The van der Waals surface area contributed by atoms with Crippen molar-refractivity contribution in [2.75, 3.05) is 6.61 Å². The van der Waals surface area contributed by atoms with E-state index >= 15 is 0 Å². The van der Waals surface area contributed by atoms with Crippen LogP contribution in [0.25, 0.3) is 21.8 Å². The number of fused-ring (bicyclic) bond motifs is 3. The van der Waals surface area contributed by atoms with Crippen molar-refractivity contribution in [2.45, 2.75) is 13.8 Å². The third kappa shape index (κ3) is 2.09. The van der Waals surface area contributed by atoms with E-state index in [4.69, 9.17) is 9.84 Å². The third-order valence-electron chi connectivity index (χ3n) is 3.60. The van der Waals surface area contributed by atoms with Gasteiger partial charge < -0.3 is 14.8 Å². The molecule has 0 unspecified atom stereocenters. The number of hydrogen-bond donors (Lipinski definition) is 2. The predicted molar refractivity (Wildman–Crippen MR) is 81.3 cm³/mol. The summed E-state index contributed by atoms with van der Waals surface area (Å²) in [6.07, 6.45) is 1.56. The van der Waals surface area contributed by atoms with Crippen LogP contribution < -0.4 is 0 Å². The number of carbonyl (C=O) groups is 2. The number of H-pyrrole nitrogens is 1. The number of benzene rings is 1. The maximum atomic E-state index is 12.0. The van der Waals surface area contributed by atoms with Crippen molar-refractivity contribution in [3.63, 3.8) is 0 Å². The van der Waals surface area contributed by atoms with Gasteiger partial charge in [0.15, 0.2) is 5.69 Å². The molecule has 0 radical (unpaired) electrons. The largest absolute Gasteiger partial charge is 0.478 e. The van der Waals surface area contributed by atoms with Crippen molar-refractivity contribution in [1.29, 1.82) is 0 Å². The molecule has 6 heteroatoms. The minimum absolute atomic E-state index is 0.197. The molecule has 2 heterocycles. The summed E-state index contributed by atoms with van der Waals surface area (Å²) in [5.41, 5.74) is 2.66. The number of carbonyl (C=O) groups excluding carboxylic acids is 1. The molecular formula is C16H14N2O4. The Morgan fingerprint density at radius 3 is 2.77 bits per heavy atom. The fourth-order valence-electron chi connectivity index (χ4n) is 2.60. The molecule has 6 nitrogen and oxygen atoms in total. The molecule has 0 spiro atoms. The van der Waals surface area contributed by atoms with E-state index in [0.717, 1.165) is 21.8 Å². The molecule has 0 aliphatic carbocycles. The van der Waals surface area contributed by atoms with Crippen LogP contribution in [0.4, 0.5) is 0 Å². The number of ether oxygens (including phenoxy) is 1. The van der Waals surface area contributed by atoms with Gasteiger partial charge in [0.1, 0.15) is 0 Å². The molecule has 0 atom stereocenters. The highest BCUT2D eigenvalue weighted by molar-refractivity contribution is 6.12. The SMILES string of the molecule is CCOC(=O)c1ncc2[nH]c3ccc(C(=O)O)cc3c2c1C. The summed E-state index contributed by atoms with van der Waals surface area (Å²) in [4.78, 5) is 30.4. The lowest BCUT2D eigenvalue weighted by atomic mass is 10.0. The molecule has 0 aliphatic heterocycles. The first kappa shape index (κ1) is 14.1. The minimum atomic E-state index is -0.992. The number of rotatable bonds is 3. The van der Waals surface area contributed by atoms with Gasteiger partial charge in [-0.2, -0.15) is 0 Å². The van der Waals surface area contributed by atoms with Crippen molar-refractivity contribution < 1.29 is 19.4 Å². The fraction of sp³-hybridized carbons (Fsp3) is 0.188. The number of aromatic amines is 1. The number of aromatic nitrogens is 2. The lowest BCUT2D eigenvalue weighted by Gasteiger charge is -2.05. The number of nitrogens with zero attached hydrogens (tertiary/aromatic N) is 1. The molecular weight excluding hydrogens is 284 g/mol. The smallest absolute Gasteiger partial charge is 0.357 e. The lowest BCUT2D eigenvalue weighted by molar-refractivity contribution is 0.0518. The van der Waals surface area contributed by atoms with Crippen LogP contribution in [0.1, 0.15) is 33.3 Å². The van der Waals surface area contributed by atoms with E-state index in [2.05, 4.69) is 9.97 Å². The topological polar surface area (TPSA) is 92.3 Å². The van der Waals surface area contributed by atoms with Crippen molar-refractivity contribution in [3.8, 4) is 0 Å². The Morgan fingerprint density at radius 2 is 2.09 bits per heavy atom. The van der Waals surface area contributed by atoms with E-state index in [-0.39, 0.29) is 17.9 Å². The second-order valence-electron chi connectivity index (χ2n) is 4.93. The molecule has 0 amide bonds. The summed E-state index contributed by atoms with van der Waals surface area (Å²) in [5.74, 6) is -1.47. The van der Waals surface area contributed by atoms with Crippen LogP contribution in [0.15, 0.2) is 24.4 Å². The highest BCUT2D eigenvalue weighted by Crippen LogP contribution is 2.30. The molecule has 0 aliphatic rings. The van der Waals surface area contributed by atoms with E-state index in [1.54, 1.807) is 32.2 Å². The van der Waals surface area contributed by atoms with Crippen molar-refractivity contribution in [3.05, 3.63) is 41.2 Å². The molecule has 112 valence electrons. The first-order valence-corrected chi connectivity index (χ1v) is 6.84. The number of aryl methyl sites for hydroxylation is 1. The minimum Gasteiger partial charge on any atom is -0.478 e. The van der Waals surface area contributed by atoms with Crippen molar-refractivity contribution in [1.82, 2.24) is 9.97 Å². The van der Waals surface area contributed by atoms with Gasteiger partial charge >= 0.3 is 11.9 Å². The Kier molecular flexibility index (Phi) is 3.29. The van der Waals surface area contributed by atoms with Crippen LogP contribution in [0.5, 0.6) is 0 Å². The Balaban J connectivity index is 2.31. The Labute approximate surface area is 125 Å². The van der Waals surface area contributed by atoms with Gasteiger partial charge in [-0.1, -0.05) is 0 Å². The zero-order valence-electron chi connectivity index (χ0n) is 12.1. The standard InChI is InChI=1S/C16H14N2O4/c1-3-22-16(21)14-8(2)13-10-6-9(15(19)20)4-5-11(10)18-12(13)7-17-14/h4-7,18H,3H2,1-2H3,(H,19,20). The lowest BCUT2D eigenvalue weighted by Crippen LogP contribution is -2.09. The molecule has 0 saturated heterocycles. The summed E-state index contributed by atoms with van der Waals surface area (Å²) in [5, 5.41) is 10.7. The first-order chi connectivity index (χ1) is 10.5. The Hall–Kier alpha value is -2.89. The summed E-state index contributed by atoms with van der Waals surface area (Å²) < 4.78 is 5.00. The Bertz CT molecular complexity index is 911. The number of carboxylic acids is 1. The maximum absolute atomic E-state index is 12.0. The van der Waals surface area contributed by atoms with Gasteiger partial charge in [0.2, 0.25) is 0 Å². The molecule has 3 rings (SSSR count). The summed E-state index contributed by atoms with van der Waals surface area (Å²) >= 11 is 0. The number of carboxylic acid groups (broad SMARTS) is 1. The second-order valence-corrected chi connectivity index (χ2v) is 4.93. The highest BCUT2D eigenvalue weighted by Gasteiger charge is 2.18. The van der Waals surface area contributed by atoms with Gasteiger partial charge in [0, 0.05) is 16.3 Å². The summed E-state index contributed by atoms with van der Waals surface area (Å²) in [7, 11) is 0. The average molecular weight is 298 g/mol. The van der Waals surface area contributed by atoms with Gasteiger partial charge in [0.05, 0.1) is 23.9 Å². The van der Waals surface area contributed by atoms with E-state index in [1.165, 1.54) is 6.07 Å². The number of esters is 1. The first-order valence-electron chi connectivity index (χ1n) is 6.84. The molecule has 0 saturated carbocycles. The average Bonchev–Trinajstić information content (AvgIpc) is 2.85. The molecule has 2 aromatic heterocycles. The number of hydrogen-bond acceptors (Lipinski definition) is 4. The number of aromatic carboxylic acids is 1. The third-order valence-corrected chi connectivity index (χ3v) is 3.60. The van der Waals surface area contributed by atoms with Crippen LogP contribution >= 0.6 is 0 Å². The van der Waals surface area contributed by atoms with Crippen LogP contribution in [0.3, 0.4) is 0 Å². The van der Waals surface area contributed by atoms with Crippen molar-refractivity contribution >= 4 is 33.7 Å². The van der Waals surface area contributed by atoms with E-state index in [9.17, 15) is 9.59 Å². The molecule has 22 heavy (non-hydrogen) atoms. The quantitative estimate of drug-likeness (QED) is 0.725. The van der Waals surface area contributed by atoms with Crippen LogP contribution in [0.2, 0.25) is 0 Å². The van der Waals surface area contributed by atoms with Gasteiger partial charge in [0.25, 0.3) is 0 Å². The molecule has 1 aromatic carbocycles. The molecule has 3 aromatic rings. The van der Waals surface area contributed by atoms with Crippen LogP contribution in [-0.2, 0) is 4.74 Å². The predicted octanol–water partition coefficient (Wildman–Crippen LogP) is 2.90. The second kappa shape index (κ2) is 5.14.